The van der Waals surface area contributed by atoms with Crippen molar-refractivity contribution in [3.63, 3.8) is 0 Å². The molecular weight excluding hydrogens is 209 g/mol. The molecule has 16 heavy (non-hydrogen) atoms. The van der Waals surface area contributed by atoms with Crippen LogP contribution in [0.15, 0.2) is 30.3 Å². The zero-order valence-electron chi connectivity index (χ0n) is 8.64. The fourth-order valence-corrected chi connectivity index (χ4v) is 1.27. The Morgan fingerprint density at radius 3 is 2.75 bits per heavy atom. The molecule has 4 nitrogen and oxygen atoms in total. The van der Waals surface area contributed by atoms with Gasteiger partial charge in [-0.05, 0) is 19.1 Å². The first-order chi connectivity index (χ1) is 7.63. The van der Waals surface area contributed by atoms with E-state index in [4.69, 9.17) is 10.5 Å². The Morgan fingerprint density at radius 1 is 1.25 bits per heavy atom. The Kier molecular flexibility index (Phi) is 2.68. The van der Waals surface area contributed by atoms with Crippen molar-refractivity contribution in [1.82, 2.24) is 9.97 Å². The minimum atomic E-state index is -0.365. The Bertz CT molecular complexity index is 496. The van der Waals surface area contributed by atoms with Gasteiger partial charge in [-0.1, -0.05) is 6.07 Å². The van der Waals surface area contributed by atoms with Crippen molar-refractivity contribution < 1.29 is 9.13 Å². The highest BCUT2D eigenvalue weighted by Gasteiger charge is 2.02. The van der Waals surface area contributed by atoms with Crippen LogP contribution in [0.25, 0.3) is 0 Å². The smallest absolute Gasteiger partial charge is 0.224 e. The summed E-state index contributed by atoms with van der Waals surface area (Å²) in [4.78, 5) is 7.93. The molecule has 0 aliphatic carbocycles. The monoisotopic (exact) mass is 219 g/mol. The molecule has 5 heteroatoms. The number of hydrogen-bond donors (Lipinski definition) is 1. The lowest BCUT2D eigenvalue weighted by atomic mass is 10.3. The molecule has 2 aromatic rings. The van der Waals surface area contributed by atoms with Gasteiger partial charge in [0.15, 0.2) is 0 Å². The van der Waals surface area contributed by atoms with Crippen LogP contribution in [0.3, 0.4) is 0 Å². The number of ether oxygens (including phenoxy) is 1. The number of nitrogens with zero attached hydrogens (tertiary/aromatic N) is 2. The standard InChI is InChI=1S/C11H10FN3O/c1-7-14-10(13)6-11(15-7)16-9-4-2-3-8(12)5-9/h2-6H,1H3,(H2,13,14,15). The molecule has 2 N–H and O–H groups in total. The van der Waals surface area contributed by atoms with Gasteiger partial charge in [-0.25, -0.2) is 9.37 Å². The molecule has 0 unspecified atom stereocenters. The molecule has 1 heterocycles. The predicted molar refractivity (Wildman–Crippen MR) is 57.7 cm³/mol. The molecule has 0 fully saturated rings. The van der Waals surface area contributed by atoms with Crippen molar-refractivity contribution in [2.45, 2.75) is 6.92 Å². The Morgan fingerprint density at radius 2 is 2.06 bits per heavy atom. The van der Waals surface area contributed by atoms with Crippen molar-refractivity contribution in [3.8, 4) is 11.6 Å². The van der Waals surface area contributed by atoms with Crippen molar-refractivity contribution in [3.05, 3.63) is 42.0 Å². The second-order valence-electron chi connectivity index (χ2n) is 3.24. The lowest BCUT2D eigenvalue weighted by Gasteiger charge is -2.05. The molecule has 0 atom stereocenters. The Balaban J connectivity index is 2.27. The summed E-state index contributed by atoms with van der Waals surface area (Å²) in [5.41, 5.74) is 5.54. The second-order valence-corrected chi connectivity index (χ2v) is 3.24. The van der Waals surface area contributed by atoms with E-state index in [0.29, 0.717) is 23.3 Å². The molecule has 0 saturated carbocycles. The highest BCUT2D eigenvalue weighted by atomic mass is 19.1. The number of halogens is 1. The van der Waals surface area contributed by atoms with E-state index in [1.807, 2.05) is 0 Å². The van der Waals surface area contributed by atoms with Gasteiger partial charge in [0.2, 0.25) is 5.88 Å². The molecule has 82 valence electrons. The van der Waals surface area contributed by atoms with Gasteiger partial charge < -0.3 is 10.5 Å². The van der Waals surface area contributed by atoms with E-state index in [1.165, 1.54) is 18.2 Å². The summed E-state index contributed by atoms with van der Waals surface area (Å²) >= 11 is 0. The van der Waals surface area contributed by atoms with Crippen LogP contribution < -0.4 is 10.5 Å². The van der Waals surface area contributed by atoms with Gasteiger partial charge in [0.25, 0.3) is 0 Å². The zero-order chi connectivity index (χ0) is 11.5. The van der Waals surface area contributed by atoms with Crippen LogP contribution in [-0.4, -0.2) is 9.97 Å². The van der Waals surface area contributed by atoms with Crippen molar-refractivity contribution in [2.24, 2.45) is 0 Å². The maximum absolute atomic E-state index is 12.9. The summed E-state index contributed by atoms with van der Waals surface area (Å²) in [7, 11) is 0. The maximum Gasteiger partial charge on any atom is 0.224 e. The molecule has 0 spiro atoms. The van der Waals surface area contributed by atoms with Gasteiger partial charge in [0.05, 0.1) is 0 Å². The average molecular weight is 219 g/mol. The normalized spacial score (nSPS) is 10.1. The van der Waals surface area contributed by atoms with E-state index in [-0.39, 0.29) is 5.82 Å². The van der Waals surface area contributed by atoms with Crippen molar-refractivity contribution in [2.75, 3.05) is 5.73 Å². The third kappa shape index (κ3) is 2.44. The van der Waals surface area contributed by atoms with E-state index >= 15 is 0 Å². The second kappa shape index (κ2) is 4.14. The van der Waals surface area contributed by atoms with Gasteiger partial charge in [0.1, 0.15) is 23.2 Å². The summed E-state index contributed by atoms with van der Waals surface area (Å²) in [5.74, 6) is 1.13. The quantitative estimate of drug-likeness (QED) is 0.841. The zero-order valence-corrected chi connectivity index (χ0v) is 8.64. The lowest BCUT2D eigenvalue weighted by Crippen LogP contribution is -1.97. The Hall–Kier alpha value is -2.17. The number of benzene rings is 1. The average Bonchev–Trinajstić information content (AvgIpc) is 2.15. The molecule has 0 aliphatic rings. The molecular formula is C11H10FN3O. The van der Waals surface area contributed by atoms with Crippen LogP contribution in [0.4, 0.5) is 10.2 Å². The maximum atomic E-state index is 12.9. The van der Waals surface area contributed by atoms with Crippen LogP contribution in [0, 0.1) is 12.7 Å². The molecule has 2 rings (SSSR count). The topological polar surface area (TPSA) is 61.0 Å². The summed E-state index contributed by atoms with van der Waals surface area (Å²) in [6, 6.07) is 7.29. The van der Waals surface area contributed by atoms with Crippen molar-refractivity contribution >= 4 is 5.82 Å². The number of rotatable bonds is 2. The SMILES string of the molecule is Cc1nc(N)cc(Oc2cccc(F)c2)n1. The molecule has 0 saturated heterocycles. The van der Waals surface area contributed by atoms with E-state index in [9.17, 15) is 4.39 Å². The number of aryl methyl sites for hydroxylation is 1. The number of nitrogens with two attached hydrogens (primary N) is 1. The summed E-state index contributed by atoms with van der Waals surface area (Å²) in [6.45, 7) is 1.70. The fraction of sp³-hybridized carbons (Fsp3) is 0.0909. The van der Waals surface area contributed by atoms with Crippen molar-refractivity contribution in [1.29, 1.82) is 0 Å². The van der Waals surface area contributed by atoms with Gasteiger partial charge >= 0.3 is 0 Å². The first-order valence-corrected chi connectivity index (χ1v) is 4.68. The molecule has 0 radical (unpaired) electrons. The Labute approximate surface area is 91.9 Å². The van der Waals surface area contributed by atoms with Crippen LogP contribution >= 0.6 is 0 Å². The first-order valence-electron chi connectivity index (χ1n) is 4.68. The molecule has 1 aromatic heterocycles. The predicted octanol–water partition coefficient (Wildman–Crippen LogP) is 2.30. The van der Waals surface area contributed by atoms with E-state index in [0.717, 1.165) is 0 Å². The van der Waals surface area contributed by atoms with Gasteiger partial charge in [-0.3, -0.25) is 0 Å². The third-order valence-corrected chi connectivity index (χ3v) is 1.85. The summed E-state index contributed by atoms with van der Waals surface area (Å²) in [6.07, 6.45) is 0. The number of anilines is 1. The molecule has 1 aromatic carbocycles. The molecule has 0 aliphatic heterocycles. The van der Waals surface area contributed by atoms with Gasteiger partial charge in [-0.15, -0.1) is 0 Å². The lowest BCUT2D eigenvalue weighted by molar-refractivity contribution is 0.455. The number of hydrogen-bond acceptors (Lipinski definition) is 4. The minimum Gasteiger partial charge on any atom is -0.439 e. The minimum absolute atomic E-state index is 0.301. The van der Waals surface area contributed by atoms with E-state index < -0.39 is 0 Å². The summed E-state index contributed by atoms with van der Waals surface area (Å²) in [5, 5.41) is 0. The van der Waals surface area contributed by atoms with Gasteiger partial charge in [-0.2, -0.15) is 4.98 Å². The van der Waals surface area contributed by atoms with Gasteiger partial charge in [0, 0.05) is 12.1 Å². The number of aromatic nitrogens is 2. The van der Waals surface area contributed by atoms with Crippen LogP contribution in [0.5, 0.6) is 11.6 Å². The third-order valence-electron chi connectivity index (χ3n) is 1.85. The number of nitrogen functional groups attached to an aromatic ring is 1. The van der Waals surface area contributed by atoms with Crippen LogP contribution in [-0.2, 0) is 0 Å². The van der Waals surface area contributed by atoms with Crippen LogP contribution in [0.1, 0.15) is 5.82 Å². The van der Waals surface area contributed by atoms with E-state index in [1.54, 1.807) is 19.1 Å². The molecule has 0 amide bonds. The van der Waals surface area contributed by atoms with Crippen LogP contribution in [0.2, 0.25) is 0 Å². The highest BCUT2D eigenvalue weighted by Crippen LogP contribution is 2.21. The largest absolute Gasteiger partial charge is 0.439 e. The fourth-order valence-electron chi connectivity index (χ4n) is 1.27. The summed E-state index contributed by atoms with van der Waals surface area (Å²) < 4.78 is 18.2. The van der Waals surface area contributed by atoms with E-state index in [2.05, 4.69) is 9.97 Å². The highest BCUT2D eigenvalue weighted by molar-refractivity contribution is 5.35. The molecule has 0 bridgehead atoms. The first kappa shape index (κ1) is 10.4.